The van der Waals surface area contributed by atoms with Gasteiger partial charge in [-0.1, -0.05) is 6.07 Å². The normalized spacial score (nSPS) is 17.5. The van der Waals surface area contributed by atoms with Crippen molar-refractivity contribution in [3.63, 3.8) is 0 Å². The van der Waals surface area contributed by atoms with Gasteiger partial charge in [0.2, 0.25) is 5.88 Å². The topological polar surface area (TPSA) is 54.5 Å². The van der Waals surface area contributed by atoms with Crippen molar-refractivity contribution in [2.45, 2.75) is 25.4 Å². The quantitative estimate of drug-likeness (QED) is 0.942. The van der Waals surface area contributed by atoms with E-state index in [9.17, 15) is 4.79 Å². The second kappa shape index (κ2) is 6.79. The summed E-state index contributed by atoms with van der Waals surface area (Å²) in [5.74, 6) is 0.554. The van der Waals surface area contributed by atoms with Crippen molar-refractivity contribution in [1.29, 1.82) is 0 Å². The van der Waals surface area contributed by atoms with Gasteiger partial charge in [0.1, 0.15) is 0 Å². The smallest absolute Gasteiger partial charge is 0.318 e. The summed E-state index contributed by atoms with van der Waals surface area (Å²) in [6, 6.07) is 6.02. The summed E-state index contributed by atoms with van der Waals surface area (Å²) < 4.78 is 5.21. The molecule has 0 unspecified atom stereocenters. The average molecular weight is 317 g/mol. The van der Waals surface area contributed by atoms with E-state index in [0.29, 0.717) is 12.4 Å². The molecule has 6 heteroatoms. The van der Waals surface area contributed by atoms with Crippen LogP contribution in [0.2, 0.25) is 0 Å². The molecular weight excluding hydrogens is 298 g/mol. The molecule has 3 rings (SSSR count). The van der Waals surface area contributed by atoms with Gasteiger partial charge in [0.25, 0.3) is 0 Å². The van der Waals surface area contributed by atoms with Gasteiger partial charge in [-0.3, -0.25) is 0 Å². The highest BCUT2D eigenvalue weighted by molar-refractivity contribution is 7.07. The van der Waals surface area contributed by atoms with Crippen LogP contribution in [-0.2, 0) is 6.54 Å². The number of nitrogens with zero attached hydrogens (tertiary/aromatic N) is 2. The predicted molar refractivity (Wildman–Crippen MR) is 86.0 cm³/mol. The number of thiophene rings is 1. The van der Waals surface area contributed by atoms with Crippen molar-refractivity contribution in [2.24, 2.45) is 0 Å². The molecule has 116 valence electrons. The number of aromatic nitrogens is 1. The van der Waals surface area contributed by atoms with E-state index in [2.05, 4.69) is 27.1 Å². The third kappa shape index (κ3) is 3.06. The minimum absolute atomic E-state index is 0.0281. The third-order valence-electron chi connectivity index (χ3n) is 3.91. The number of methoxy groups -OCH3 is 1. The molecule has 1 saturated heterocycles. The van der Waals surface area contributed by atoms with Gasteiger partial charge in [0, 0.05) is 24.8 Å². The summed E-state index contributed by atoms with van der Waals surface area (Å²) in [7, 11) is 1.58. The molecule has 0 spiro atoms. The van der Waals surface area contributed by atoms with E-state index in [-0.39, 0.29) is 12.1 Å². The van der Waals surface area contributed by atoms with Gasteiger partial charge in [0.05, 0.1) is 13.2 Å². The number of amides is 2. The number of pyridine rings is 1. The number of carbonyl (C=O) groups excluding carboxylic acids is 1. The van der Waals surface area contributed by atoms with Crippen molar-refractivity contribution in [2.75, 3.05) is 13.7 Å². The molecule has 5 nitrogen and oxygen atoms in total. The summed E-state index contributed by atoms with van der Waals surface area (Å²) in [5.41, 5.74) is 2.11. The zero-order valence-electron chi connectivity index (χ0n) is 12.5. The Kier molecular flexibility index (Phi) is 4.58. The van der Waals surface area contributed by atoms with Gasteiger partial charge in [0.15, 0.2) is 0 Å². The lowest BCUT2D eigenvalue weighted by molar-refractivity contribution is 0.192. The van der Waals surface area contributed by atoms with Crippen molar-refractivity contribution >= 4 is 17.4 Å². The van der Waals surface area contributed by atoms with Gasteiger partial charge in [-0.15, -0.1) is 0 Å². The Morgan fingerprint density at radius 3 is 3.23 bits per heavy atom. The van der Waals surface area contributed by atoms with Crippen LogP contribution < -0.4 is 10.1 Å². The molecule has 0 radical (unpaired) electrons. The lowest BCUT2D eigenvalue weighted by Crippen LogP contribution is -2.39. The number of hydrogen-bond acceptors (Lipinski definition) is 4. The number of likely N-dealkylation sites (tertiary alicyclic amines) is 1. The molecule has 0 aromatic carbocycles. The van der Waals surface area contributed by atoms with Gasteiger partial charge in [-0.25, -0.2) is 9.78 Å². The Hall–Kier alpha value is -2.08. The van der Waals surface area contributed by atoms with Gasteiger partial charge >= 0.3 is 6.03 Å². The fourth-order valence-corrected chi connectivity index (χ4v) is 3.54. The van der Waals surface area contributed by atoms with E-state index in [1.807, 2.05) is 17.0 Å². The standard InChI is InChI=1S/C16H19N3O2S/c1-21-15-12(4-2-7-17-15)10-18-16(20)19-8-3-5-14(19)13-6-9-22-11-13/h2,4,6-7,9,11,14H,3,5,8,10H2,1H3,(H,18,20)/t14-/m0/s1. The van der Waals surface area contributed by atoms with Crippen LogP contribution in [0.3, 0.4) is 0 Å². The molecule has 1 fully saturated rings. The van der Waals surface area contributed by atoms with Crippen LogP contribution in [0, 0.1) is 0 Å². The summed E-state index contributed by atoms with van der Waals surface area (Å²) in [5, 5.41) is 7.16. The van der Waals surface area contributed by atoms with E-state index in [1.54, 1.807) is 24.6 Å². The molecule has 3 heterocycles. The fourth-order valence-electron chi connectivity index (χ4n) is 2.84. The molecule has 2 aromatic heterocycles. The van der Waals surface area contributed by atoms with Crippen LogP contribution in [0.25, 0.3) is 0 Å². The Morgan fingerprint density at radius 1 is 1.55 bits per heavy atom. The van der Waals surface area contributed by atoms with Crippen LogP contribution in [0.5, 0.6) is 5.88 Å². The zero-order valence-corrected chi connectivity index (χ0v) is 13.3. The SMILES string of the molecule is COc1ncccc1CNC(=O)N1CCC[C@H]1c1ccsc1. The van der Waals surface area contributed by atoms with E-state index in [1.165, 1.54) is 5.56 Å². The summed E-state index contributed by atoms with van der Waals surface area (Å²) in [6.07, 6.45) is 3.75. The molecule has 0 saturated carbocycles. The largest absolute Gasteiger partial charge is 0.481 e. The van der Waals surface area contributed by atoms with Gasteiger partial charge in [-0.05, 0) is 41.3 Å². The van der Waals surface area contributed by atoms with Crippen LogP contribution in [0.1, 0.15) is 30.0 Å². The molecule has 1 N–H and O–H groups in total. The van der Waals surface area contributed by atoms with E-state index in [4.69, 9.17) is 4.74 Å². The number of urea groups is 1. The number of hydrogen-bond donors (Lipinski definition) is 1. The lowest BCUT2D eigenvalue weighted by Gasteiger charge is -2.24. The first kappa shape index (κ1) is 14.8. The molecule has 1 atom stereocenters. The minimum Gasteiger partial charge on any atom is -0.481 e. The van der Waals surface area contributed by atoms with Crippen molar-refractivity contribution in [3.8, 4) is 5.88 Å². The summed E-state index contributed by atoms with van der Waals surface area (Å²) >= 11 is 1.67. The predicted octanol–water partition coefficient (Wildman–Crippen LogP) is 3.20. The highest BCUT2D eigenvalue weighted by Gasteiger charge is 2.30. The van der Waals surface area contributed by atoms with Gasteiger partial charge in [-0.2, -0.15) is 11.3 Å². The number of rotatable bonds is 4. The maximum absolute atomic E-state index is 12.5. The van der Waals surface area contributed by atoms with Crippen LogP contribution in [0.15, 0.2) is 35.2 Å². The molecule has 2 aromatic rings. The molecule has 0 aliphatic carbocycles. The van der Waals surface area contributed by atoms with Crippen LogP contribution in [0.4, 0.5) is 4.79 Å². The van der Waals surface area contributed by atoms with Crippen molar-refractivity contribution in [1.82, 2.24) is 15.2 Å². The zero-order chi connectivity index (χ0) is 15.4. The summed E-state index contributed by atoms with van der Waals surface area (Å²) in [4.78, 5) is 18.5. The highest BCUT2D eigenvalue weighted by Crippen LogP contribution is 2.32. The maximum Gasteiger partial charge on any atom is 0.318 e. The Bertz CT molecular complexity index is 630. The van der Waals surface area contributed by atoms with Crippen LogP contribution in [-0.4, -0.2) is 29.6 Å². The van der Waals surface area contributed by atoms with Crippen molar-refractivity contribution in [3.05, 3.63) is 46.3 Å². The third-order valence-corrected chi connectivity index (χ3v) is 4.62. The monoisotopic (exact) mass is 317 g/mol. The fraction of sp³-hybridized carbons (Fsp3) is 0.375. The molecular formula is C16H19N3O2S. The van der Waals surface area contributed by atoms with Crippen LogP contribution >= 0.6 is 11.3 Å². The lowest BCUT2D eigenvalue weighted by atomic mass is 10.1. The van der Waals surface area contributed by atoms with E-state index < -0.39 is 0 Å². The first-order valence-corrected chi connectivity index (χ1v) is 8.28. The molecule has 1 aliphatic heterocycles. The second-order valence-corrected chi connectivity index (χ2v) is 6.02. The number of ether oxygens (including phenoxy) is 1. The molecule has 1 aliphatic rings. The maximum atomic E-state index is 12.5. The second-order valence-electron chi connectivity index (χ2n) is 5.24. The molecule has 22 heavy (non-hydrogen) atoms. The van der Waals surface area contributed by atoms with E-state index in [0.717, 1.165) is 24.9 Å². The molecule has 0 bridgehead atoms. The summed E-state index contributed by atoms with van der Waals surface area (Å²) in [6.45, 7) is 1.22. The van der Waals surface area contributed by atoms with E-state index >= 15 is 0 Å². The first-order chi connectivity index (χ1) is 10.8. The number of nitrogens with one attached hydrogen (secondary N) is 1. The highest BCUT2D eigenvalue weighted by atomic mass is 32.1. The minimum atomic E-state index is -0.0281. The number of carbonyl (C=O) groups is 1. The Labute approximate surface area is 133 Å². The molecule has 2 amide bonds. The average Bonchev–Trinajstić information content (AvgIpc) is 3.23. The van der Waals surface area contributed by atoms with Gasteiger partial charge < -0.3 is 15.0 Å². The Balaban J connectivity index is 1.64. The van der Waals surface area contributed by atoms with Crippen molar-refractivity contribution < 1.29 is 9.53 Å². The first-order valence-electron chi connectivity index (χ1n) is 7.34. The Morgan fingerprint density at radius 2 is 2.45 bits per heavy atom.